The molecule has 172 valence electrons. The number of hydrogen-bond acceptors (Lipinski definition) is 8. The van der Waals surface area contributed by atoms with Crippen LogP contribution in [0, 0.1) is 0 Å². The number of aliphatic hydroxyl groups excluding tert-OH is 1. The fourth-order valence-electron chi connectivity index (χ4n) is 4.91. The van der Waals surface area contributed by atoms with Crippen LogP contribution in [-0.4, -0.2) is 55.9 Å². The lowest BCUT2D eigenvalue weighted by atomic mass is 9.83. The second kappa shape index (κ2) is 8.61. The summed E-state index contributed by atoms with van der Waals surface area (Å²) in [7, 11) is 2.99. The Morgan fingerprint density at radius 1 is 1.28 bits per heavy atom. The summed E-state index contributed by atoms with van der Waals surface area (Å²) in [5, 5.41) is 11.8. The Labute approximate surface area is 187 Å². The van der Waals surface area contributed by atoms with E-state index in [4.69, 9.17) is 24.7 Å². The van der Waals surface area contributed by atoms with Crippen molar-refractivity contribution in [2.45, 2.75) is 50.3 Å². The van der Waals surface area contributed by atoms with Gasteiger partial charge in [-0.2, -0.15) is 0 Å². The summed E-state index contributed by atoms with van der Waals surface area (Å²) >= 11 is 0. The summed E-state index contributed by atoms with van der Waals surface area (Å²) in [6.45, 7) is 3.79. The molecule has 2 heterocycles. The summed E-state index contributed by atoms with van der Waals surface area (Å²) in [5.74, 6) is 0.202. The number of aliphatic hydroxyl groups is 1. The maximum Gasteiger partial charge on any atom is 0.329 e. The first-order valence-corrected chi connectivity index (χ1v) is 10.7. The van der Waals surface area contributed by atoms with Gasteiger partial charge in [-0.25, -0.2) is 4.79 Å². The van der Waals surface area contributed by atoms with Gasteiger partial charge in [0.05, 0.1) is 12.6 Å². The summed E-state index contributed by atoms with van der Waals surface area (Å²) in [6.07, 6.45) is -1.50. The van der Waals surface area contributed by atoms with Gasteiger partial charge in [-0.3, -0.25) is 0 Å². The smallest absolute Gasteiger partial charge is 0.329 e. The zero-order chi connectivity index (χ0) is 23.0. The number of hydrogen-bond donors (Lipinski definition) is 2. The van der Waals surface area contributed by atoms with Crippen LogP contribution in [0.5, 0.6) is 5.75 Å². The Balaban J connectivity index is 1.90. The lowest BCUT2D eigenvalue weighted by molar-refractivity contribution is -0.237. The Bertz CT molecular complexity index is 994. The van der Waals surface area contributed by atoms with Gasteiger partial charge >= 0.3 is 5.97 Å². The van der Waals surface area contributed by atoms with Gasteiger partial charge in [0, 0.05) is 37.6 Å². The molecule has 2 aromatic carbocycles. The lowest BCUT2D eigenvalue weighted by Gasteiger charge is -2.50. The van der Waals surface area contributed by atoms with Crippen molar-refractivity contribution in [2.75, 3.05) is 31.5 Å². The van der Waals surface area contributed by atoms with Crippen LogP contribution in [0.25, 0.3) is 0 Å². The van der Waals surface area contributed by atoms with Gasteiger partial charge in [0.15, 0.2) is 11.9 Å². The number of carbonyl (C=O) groups is 1. The number of esters is 1. The molecule has 0 radical (unpaired) electrons. The van der Waals surface area contributed by atoms with Crippen LogP contribution in [0.3, 0.4) is 0 Å². The third-order valence-corrected chi connectivity index (χ3v) is 6.34. The number of anilines is 2. The minimum absolute atomic E-state index is 0.270. The Hall–Kier alpha value is -2.81. The molecule has 4 rings (SSSR count). The molecular weight excluding hydrogens is 412 g/mol. The van der Waals surface area contributed by atoms with E-state index in [1.165, 1.54) is 14.2 Å². The SMILES string of the molecule is CCOC(=O)[C@@H]1Cc2ccccc2N1[C@@H]1c2cc(N)ccc2O[C@](C)(C(OC)OC)[C@H]1O. The van der Waals surface area contributed by atoms with Crippen LogP contribution < -0.4 is 15.4 Å². The minimum atomic E-state index is -1.26. The van der Waals surface area contributed by atoms with E-state index in [9.17, 15) is 9.90 Å². The van der Waals surface area contributed by atoms with E-state index in [0.29, 0.717) is 23.4 Å². The number of carbonyl (C=O) groups excluding carboxylic acids is 1. The Morgan fingerprint density at radius 2 is 2.00 bits per heavy atom. The van der Waals surface area contributed by atoms with Crippen molar-refractivity contribution in [2.24, 2.45) is 0 Å². The minimum Gasteiger partial charge on any atom is -0.479 e. The molecule has 0 spiro atoms. The van der Waals surface area contributed by atoms with Crippen molar-refractivity contribution in [1.82, 2.24) is 0 Å². The van der Waals surface area contributed by atoms with Crippen LogP contribution >= 0.6 is 0 Å². The van der Waals surface area contributed by atoms with Crippen LogP contribution in [0.1, 0.15) is 31.0 Å². The second-order valence-electron chi connectivity index (χ2n) is 8.28. The van der Waals surface area contributed by atoms with Gasteiger partial charge in [-0.15, -0.1) is 0 Å². The lowest BCUT2D eigenvalue weighted by Crippen LogP contribution is -2.63. The number of rotatable bonds is 6. The molecule has 2 aromatic rings. The van der Waals surface area contributed by atoms with Crippen molar-refractivity contribution in [3.05, 3.63) is 53.6 Å². The summed E-state index contributed by atoms with van der Waals surface area (Å²) in [4.78, 5) is 14.9. The molecule has 2 aliphatic heterocycles. The molecule has 0 fully saturated rings. The quantitative estimate of drug-likeness (QED) is 0.399. The molecule has 0 unspecified atom stereocenters. The Kier molecular flexibility index (Phi) is 6.03. The van der Waals surface area contributed by atoms with Gasteiger partial charge in [0.25, 0.3) is 0 Å². The fraction of sp³-hybridized carbons (Fsp3) is 0.458. The maximum atomic E-state index is 13.0. The van der Waals surface area contributed by atoms with Gasteiger partial charge in [-0.1, -0.05) is 18.2 Å². The molecule has 0 amide bonds. The zero-order valence-corrected chi connectivity index (χ0v) is 18.8. The van der Waals surface area contributed by atoms with Crippen LogP contribution in [0.4, 0.5) is 11.4 Å². The van der Waals surface area contributed by atoms with Crippen molar-refractivity contribution in [3.8, 4) is 5.75 Å². The van der Waals surface area contributed by atoms with Crippen molar-refractivity contribution >= 4 is 17.3 Å². The highest BCUT2D eigenvalue weighted by Crippen LogP contribution is 2.50. The first kappa shape index (κ1) is 22.4. The molecule has 0 bridgehead atoms. The highest BCUT2D eigenvalue weighted by molar-refractivity contribution is 5.84. The standard InChI is InChI=1S/C24H30N2O6/c1-5-31-22(28)18-12-14-8-6-7-9-17(14)26(18)20-16-13-15(25)10-11-19(16)32-24(2,21(20)27)23(29-3)30-4/h6-11,13,18,20-21,23,27H,5,12,25H2,1-4H3/t18-,20+,21-,24-/m0/s1. The molecular formula is C24H30N2O6. The number of nitrogens with zero attached hydrogens (tertiary/aromatic N) is 1. The Morgan fingerprint density at radius 3 is 2.69 bits per heavy atom. The topological polar surface area (TPSA) is 103 Å². The van der Waals surface area contributed by atoms with Gasteiger partial charge < -0.3 is 34.7 Å². The normalized spacial score (nSPS) is 26.4. The van der Waals surface area contributed by atoms with Crippen LogP contribution in [0.15, 0.2) is 42.5 Å². The molecule has 0 saturated heterocycles. The molecule has 8 nitrogen and oxygen atoms in total. The predicted octanol–water partition coefficient (Wildman–Crippen LogP) is 2.44. The largest absolute Gasteiger partial charge is 0.479 e. The van der Waals surface area contributed by atoms with Crippen molar-refractivity contribution < 1.29 is 28.8 Å². The van der Waals surface area contributed by atoms with Crippen molar-refractivity contribution in [3.63, 3.8) is 0 Å². The van der Waals surface area contributed by atoms with E-state index in [1.807, 2.05) is 29.2 Å². The highest BCUT2D eigenvalue weighted by Gasteiger charge is 2.56. The summed E-state index contributed by atoms with van der Waals surface area (Å²) in [5.41, 5.74) is 7.94. The summed E-state index contributed by atoms with van der Waals surface area (Å²) in [6, 6.07) is 11.8. The monoisotopic (exact) mass is 442 g/mol. The third-order valence-electron chi connectivity index (χ3n) is 6.34. The molecule has 0 saturated carbocycles. The molecule has 0 aliphatic carbocycles. The predicted molar refractivity (Wildman–Crippen MR) is 119 cm³/mol. The van der Waals surface area contributed by atoms with E-state index in [2.05, 4.69) is 0 Å². The first-order chi connectivity index (χ1) is 15.3. The number of nitrogen functional groups attached to an aromatic ring is 1. The number of methoxy groups -OCH3 is 2. The van der Waals surface area contributed by atoms with Gasteiger partial charge in [-0.05, 0) is 43.7 Å². The number of fused-ring (bicyclic) bond motifs is 2. The van der Waals surface area contributed by atoms with E-state index < -0.39 is 30.1 Å². The molecule has 4 atom stereocenters. The second-order valence-corrected chi connectivity index (χ2v) is 8.28. The highest BCUT2D eigenvalue weighted by atomic mass is 16.7. The third kappa shape index (κ3) is 3.48. The zero-order valence-electron chi connectivity index (χ0n) is 18.8. The number of ether oxygens (including phenoxy) is 4. The van der Waals surface area contributed by atoms with E-state index in [0.717, 1.165) is 11.3 Å². The average molecular weight is 443 g/mol. The molecule has 8 heteroatoms. The van der Waals surface area contributed by atoms with Crippen LogP contribution in [0.2, 0.25) is 0 Å². The first-order valence-electron chi connectivity index (χ1n) is 10.7. The van der Waals surface area contributed by atoms with Gasteiger partial charge in [0.2, 0.25) is 0 Å². The number of benzene rings is 2. The van der Waals surface area contributed by atoms with Crippen LogP contribution in [-0.2, 0) is 25.4 Å². The van der Waals surface area contributed by atoms with E-state index in [1.54, 1.807) is 32.0 Å². The fourth-order valence-corrected chi connectivity index (χ4v) is 4.91. The number of nitrogens with two attached hydrogens (primary N) is 1. The summed E-state index contributed by atoms with van der Waals surface area (Å²) < 4.78 is 22.7. The van der Waals surface area contributed by atoms with Crippen molar-refractivity contribution in [1.29, 1.82) is 0 Å². The molecule has 0 aromatic heterocycles. The van der Waals surface area contributed by atoms with Gasteiger partial charge in [0.1, 0.15) is 17.9 Å². The molecule has 32 heavy (non-hydrogen) atoms. The molecule has 2 aliphatic rings. The van der Waals surface area contributed by atoms with E-state index >= 15 is 0 Å². The van der Waals surface area contributed by atoms with E-state index in [-0.39, 0.29) is 12.6 Å². The average Bonchev–Trinajstić information content (AvgIpc) is 3.16. The molecule has 3 N–H and O–H groups in total. The maximum absolute atomic E-state index is 13.0. The number of para-hydroxylation sites is 1.